The molecule has 85 valence electrons. The Bertz CT molecular complexity index is 375. The van der Waals surface area contributed by atoms with Crippen molar-refractivity contribution in [3.63, 3.8) is 0 Å². The van der Waals surface area contributed by atoms with Gasteiger partial charge < -0.3 is 5.32 Å². The van der Waals surface area contributed by atoms with E-state index in [0.29, 0.717) is 10.8 Å². The maximum atomic E-state index is 10.9. The molecule has 1 radical (unpaired) electrons. The number of piperidine rings is 1. The maximum absolute atomic E-state index is 10.9. The van der Waals surface area contributed by atoms with Crippen LogP contribution in [0.1, 0.15) is 23.2 Å². The molecule has 0 bridgehead atoms. The molecule has 1 aromatic carbocycles. The fourth-order valence-electron chi connectivity index (χ4n) is 1.82. The second-order valence-electron chi connectivity index (χ2n) is 3.92. The third-order valence-corrected chi connectivity index (χ3v) is 4.02. The van der Waals surface area contributed by atoms with Crippen LogP contribution in [0.5, 0.6) is 0 Å². The van der Waals surface area contributed by atoms with Crippen LogP contribution >= 0.6 is 11.8 Å². The second kappa shape index (κ2) is 5.37. The Morgan fingerprint density at radius 3 is 2.81 bits per heavy atom. The molecule has 1 aliphatic heterocycles. The first-order valence-corrected chi connectivity index (χ1v) is 6.37. The molecule has 1 saturated heterocycles. The number of hydrogen-bond donors (Lipinski definition) is 1. The number of nitrogens with one attached hydrogen (secondary N) is 2. The fraction of sp³-hybridized carbons (Fsp3) is 0.417. The van der Waals surface area contributed by atoms with Crippen molar-refractivity contribution in [2.45, 2.75) is 23.0 Å². The van der Waals surface area contributed by atoms with E-state index in [0.717, 1.165) is 18.0 Å². The Hall–Kier alpha value is -1.00. The lowest BCUT2D eigenvalue weighted by atomic mass is 10.2. The number of rotatable bonds is 3. The molecule has 1 heterocycles. The minimum absolute atomic E-state index is 0.485. The predicted octanol–water partition coefficient (Wildman–Crippen LogP) is 1.95. The molecular formula is C12H15N2OS. The lowest BCUT2D eigenvalue weighted by molar-refractivity contribution is 0.0992. The Kier molecular flexibility index (Phi) is 3.85. The molecule has 0 aromatic heterocycles. The molecular weight excluding hydrogens is 220 g/mol. The van der Waals surface area contributed by atoms with Gasteiger partial charge in [-0.25, -0.2) is 0 Å². The van der Waals surface area contributed by atoms with Crippen molar-refractivity contribution >= 4 is 17.7 Å². The molecule has 1 fully saturated rings. The first-order chi connectivity index (χ1) is 7.75. The monoisotopic (exact) mass is 235 g/mol. The largest absolute Gasteiger partial charge is 0.317 e. The highest BCUT2D eigenvalue weighted by atomic mass is 32.2. The van der Waals surface area contributed by atoms with Crippen LogP contribution in [0.25, 0.3) is 0 Å². The van der Waals surface area contributed by atoms with Gasteiger partial charge in [-0.1, -0.05) is 6.07 Å². The Labute approximate surface area is 99.8 Å². The second-order valence-corrected chi connectivity index (χ2v) is 5.30. The highest BCUT2D eigenvalue weighted by molar-refractivity contribution is 8.00. The predicted molar refractivity (Wildman–Crippen MR) is 65.6 cm³/mol. The normalized spacial score (nSPS) is 17.2. The van der Waals surface area contributed by atoms with Crippen LogP contribution in [0.15, 0.2) is 29.2 Å². The van der Waals surface area contributed by atoms with Crippen molar-refractivity contribution in [3.8, 4) is 0 Å². The van der Waals surface area contributed by atoms with Gasteiger partial charge in [-0.3, -0.25) is 10.5 Å². The molecule has 2 N–H and O–H groups in total. The zero-order valence-electron chi connectivity index (χ0n) is 9.03. The number of hydrogen-bond acceptors (Lipinski definition) is 3. The number of benzene rings is 1. The average molecular weight is 235 g/mol. The van der Waals surface area contributed by atoms with E-state index in [-0.39, 0.29) is 0 Å². The molecule has 16 heavy (non-hydrogen) atoms. The quantitative estimate of drug-likeness (QED) is 0.871. The van der Waals surface area contributed by atoms with E-state index < -0.39 is 5.91 Å². The molecule has 1 aliphatic rings. The topological polar surface area (TPSA) is 52.9 Å². The van der Waals surface area contributed by atoms with Crippen LogP contribution < -0.4 is 11.1 Å². The van der Waals surface area contributed by atoms with Crippen molar-refractivity contribution in [1.29, 1.82) is 0 Å². The van der Waals surface area contributed by atoms with Gasteiger partial charge >= 0.3 is 0 Å². The third-order valence-electron chi connectivity index (χ3n) is 2.69. The van der Waals surface area contributed by atoms with Crippen LogP contribution in [0.3, 0.4) is 0 Å². The summed E-state index contributed by atoms with van der Waals surface area (Å²) >= 11 is 1.82. The minimum Gasteiger partial charge on any atom is -0.317 e. The van der Waals surface area contributed by atoms with Crippen molar-refractivity contribution in [3.05, 3.63) is 29.8 Å². The van der Waals surface area contributed by atoms with E-state index >= 15 is 0 Å². The maximum Gasteiger partial charge on any atom is 0.269 e. The molecule has 4 heteroatoms. The van der Waals surface area contributed by atoms with E-state index in [9.17, 15) is 4.79 Å². The number of thioether (sulfide) groups is 1. The summed E-state index contributed by atoms with van der Waals surface area (Å²) in [5.74, 6) is -0.604. The van der Waals surface area contributed by atoms with Gasteiger partial charge in [0.1, 0.15) is 0 Å². The Morgan fingerprint density at radius 1 is 1.38 bits per heavy atom. The van der Waals surface area contributed by atoms with E-state index in [1.807, 2.05) is 30.0 Å². The van der Waals surface area contributed by atoms with Gasteiger partial charge in [-0.2, -0.15) is 0 Å². The van der Waals surface area contributed by atoms with Crippen LogP contribution in [0.2, 0.25) is 0 Å². The van der Waals surface area contributed by atoms with E-state index in [4.69, 9.17) is 5.73 Å². The van der Waals surface area contributed by atoms with E-state index in [1.54, 1.807) is 6.07 Å². The molecule has 2 rings (SSSR count). The smallest absolute Gasteiger partial charge is 0.269 e. The van der Waals surface area contributed by atoms with Gasteiger partial charge in [0.05, 0.1) is 0 Å². The number of amides is 1. The number of carbonyl (C=O) groups excluding carboxylic acids is 1. The highest BCUT2D eigenvalue weighted by Crippen LogP contribution is 2.29. The zero-order valence-corrected chi connectivity index (χ0v) is 9.85. The van der Waals surface area contributed by atoms with Crippen molar-refractivity contribution in [2.24, 2.45) is 0 Å². The summed E-state index contributed by atoms with van der Waals surface area (Å²) in [6.45, 7) is 2.16. The van der Waals surface area contributed by atoms with Gasteiger partial charge in [-0.15, -0.1) is 11.8 Å². The molecule has 0 saturated carbocycles. The molecule has 0 aliphatic carbocycles. The van der Waals surface area contributed by atoms with Crippen LogP contribution in [-0.2, 0) is 0 Å². The summed E-state index contributed by atoms with van der Waals surface area (Å²) in [6, 6.07) is 7.38. The van der Waals surface area contributed by atoms with Crippen LogP contribution in [-0.4, -0.2) is 24.2 Å². The fourth-order valence-corrected chi connectivity index (χ4v) is 3.02. The Balaban J connectivity index is 2.02. The standard InChI is InChI=1S/C12H15N2OS/c13-12(15)9-2-1-3-11(8-9)16-10-4-6-14-7-5-10/h1-3,8,10,13-14H,4-7H2. The van der Waals surface area contributed by atoms with Gasteiger partial charge in [0.2, 0.25) is 0 Å². The SMILES string of the molecule is [NH]C(=O)c1cccc(SC2CCNCC2)c1. The van der Waals surface area contributed by atoms with Gasteiger partial charge in [0, 0.05) is 15.7 Å². The van der Waals surface area contributed by atoms with Gasteiger partial charge in [-0.05, 0) is 44.1 Å². The van der Waals surface area contributed by atoms with E-state index in [1.165, 1.54) is 12.8 Å². The van der Waals surface area contributed by atoms with Crippen molar-refractivity contribution in [2.75, 3.05) is 13.1 Å². The molecule has 0 spiro atoms. The summed E-state index contributed by atoms with van der Waals surface area (Å²) in [5.41, 5.74) is 7.56. The summed E-state index contributed by atoms with van der Waals surface area (Å²) in [6.07, 6.45) is 2.34. The van der Waals surface area contributed by atoms with E-state index in [2.05, 4.69) is 5.32 Å². The molecule has 0 atom stereocenters. The molecule has 1 amide bonds. The highest BCUT2D eigenvalue weighted by Gasteiger charge is 2.14. The van der Waals surface area contributed by atoms with Gasteiger partial charge in [0.15, 0.2) is 0 Å². The lowest BCUT2D eigenvalue weighted by Crippen LogP contribution is -2.29. The third kappa shape index (κ3) is 3.00. The number of carbonyl (C=O) groups is 1. The van der Waals surface area contributed by atoms with Crippen LogP contribution in [0, 0.1) is 0 Å². The minimum atomic E-state index is -0.604. The first kappa shape index (κ1) is 11.5. The van der Waals surface area contributed by atoms with Crippen molar-refractivity contribution in [1.82, 2.24) is 11.1 Å². The van der Waals surface area contributed by atoms with Crippen LogP contribution in [0.4, 0.5) is 0 Å². The van der Waals surface area contributed by atoms with Crippen molar-refractivity contribution < 1.29 is 4.79 Å². The zero-order chi connectivity index (χ0) is 11.4. The molecule has 3 nitrogen and oxygen atoms in total. The molecule has 0 unspecified atom stereocenters. The Morgan fingerprint density at radius 2 is 2.12 bits per heavy atom. The first-order valence-electron chi connectivity index (χ1n) is 5.49. The lowest BCUT2D eigenvalue weighted by Gasteiger charge is -2.22. The van der Waals surface area contributed by atoms with Gasteiger partial charge in [0.25, 0.3) is 5.91 Å². The average Bonchev–Trinajstić information content (AvgIpc) is 2.30. The summed E-state index contributed by atoms with van der Waals surface area (Å²) < 4.78 is 0. The summed E-state index contributed by atoms with van der Waals surface area (Å²) in [4.78, 5) is 12.0. The summed E-state index contributed by atoms with van der Waals surface area (Å²) in [7, 11) is 0. The summed E-state index contributed by atoms with van der Waals surface area (Å²) in [5, 5.41) is 3.97. The molecule has 1 aromatic rings.